The Bertz CT molecular complexity index is 229. The molecule has 120 valence electrons. The summed E-state index contributed by atoms with van der Waals surface area (Å²) >= 11 is 0. The van der Waals surface area contributed by atoms with E-state index in [0.29, 0.717) is 6.42 Å². The smallest absolute Gasteiger partial charge is 0.305 e. The van der Waals surface area contributed by atoms with Crippen LogP contribution in [0.15, 0.2) is 0 Å². The summed E-state index contributed by atoms with van der Waals surface area (Å²) in [6.45, 7) is 1.84. The average Bonchev–Trinajstić information content (AvgIpc) is 2.34. The third-order valence-corrected chi connectivity index (χ3v) is 3.57. The number of aliphatic hydroxyl groups excluding tert-OH is 2. The van der Waals surface area contributed by atoms with Gasteiger partial charge in [0.1, 0.15) is 0 Å². The Morgan fingerprint density at radius 3 is 1.60 bits per heavy atom. The van der Waals surface area contributed by atoms with Gasteiger partial charge in [0.15, 0.2) is 0 Å². The first-order valence-electron chi connectivity index (χ1n) is 8.10. The van der Waals surface area contributed by atoms with Crippen LogP contribution in [0.4, 0.5) is 0 Å². The van der Waals surface area contributed by atoms with Gasteiger partial charge in [-0.05, 0) is 19.8 Å². The zero-order valence-corrected chi connectivity index (χ0v) is 12.9. The second-order valence-electron chi connectivity index (χ2n) is 5.86. The first kappa shape index (κ1) is 19.4. The van der Waals surface area contributed by atoms with E-state index in [1.54, 1.807) is 0 Å². The van der Waals surface area contributed by atoms with Crippen LogP contribution in [0.2, 0.25) is 0 Å². The lowest BCUT2D eigenvalue weighted by Gasteiger charge is -2.07. The second-order valence-corrected chi connectivity index (χ2v) is 5.86. The van der Waals surface area contributed by atoms with Gasteiger partial charge in [-0.3, -0.25) is 4.79 Å². The summed E-state index contributed by atoms with van der Waals surface area (Å²) in [6.07, 6.45) is 11.1. The van der Waals surface area contributed by atoms with Crippen molar-refractivity contribution in [3.63, 3.8) is 0 Å². The van der Waals surface area contributed by atoms with E-state index in [9.17, 15) is 9.90 Å². The number of carboxylic acid groups (broad SMARTS) is 1. The van der Waals surface area contributed by atoms with Crippen LogP contribution in [0, 0.1) is 0 Å². The van der Waals surface area contributed by atoms with Crippen molar-refractivity contribution in [1.29, 1.82) is 0 Å². The Balaban J connectivity index is 3.11. The third kappa shape index (κ3) is 15.4. The number of carboxylic acids is 1. The zero-order chi connectivity index (χ0) is 15.2. The SMILES string of the molecule is C[C@@H](O)CCCCCCCCCCC[C@@H](O)CC(=O)O. The Hall–Kier alpha value is -0.610. The standard InChI is InChI=1S/C16H32O4/c1-14(17)11-9-7-5-3-2-4-6-8-10-12-15(18)13-16(19)20/h14-15,17-18H,2-13H2,1H3,(H,19,20)/t14-,15-/m1/s1. The van der Waals surface area contributed by atoms with E-state index in [2.05, 4.69) is 0 Å². The zero-order valence-electron chi connectivity index (χ0n) is 12.9. The highest BCUT2D eigenvalue weighted by atomic mass is 16.4. The van der Waals surface area contributed by atoms with Crippen molar-refractivity contribution in [3.05, 3.63) is 0 Å². The van der Waals surface area contributed by atoms with E-state index >= 15 is 0 Å². The summed E-state index contributed by atoms with van der Waals surface area (Å²) in [6, 6.07) is 0. The van der Waals surface area contributed by atoms with Crippen molar-refractivity contribution in [2.45, 2.75) is 96.2 Å². The minimum absolute atomic E-state index is 0.132. The molecule has 0 heterocycles. The van der Waals surface area contributed by atoms with Gasteiger partial charge in [-0.15, -0.1) is 0 Å². The Labute approximate surface area is 123 Å². The van der Waals surface area contributed by atoms with Gasteiger partial charge in [0.2, 0.25) is 0 Å². The van der Waals surface area contributed by atoms with E-state index < -0.39 is 12.1 Å². The van der Waals surface area contributed by atoms with Gasteiger partial charge in [-0.2, -0.15) is 0 Å². The summed E-state index contributed by atoms with van der Waals surface area (Å²) in [5.74, 6) is -0.923. The summed E-state index contributed by atoms with van der Waals surface area (Å²) in [7, 11) is 0. The summed E-state index contributed by atoms with van der Waals surface area (Å²) < 4.78 is 0. The third-order valence-electron chi connectivity index (χ3n) is 3.57. The van der Waals surface area contributed by atoms with Crippen LogP contribution in [0.3, 0.4) is 0 Å². The molecule has 0 aromatic heterocycles. The molecule has 0 fully saturated rings. The molecule has 20 heavy (non-hydrogen) atoms. The molecule has 0 bridgehead atoms. The fourth-order valence-electron chi connectivity index (χ4n) is 2.36. The number of carbonyl (C=O) groups is 1. The maximum atomic E-state index is 10.4. The predicted molar refractivity (Wildman–Crippen MR) is 80.7 cm³/mol. The van der Waals surface area contributed by atoms with Crippen LogP contribution in [0.5, 0.6) is 0 Å². The summed E-state index contributed by atoms with van der Waals surface area (Å²) in [4.78, 5) is 10.4. The Kier molecular flexibility index (Phi) is 13.0. The van der Waals surface area contributed by atoms with Crippen LogP contribution < -0.4 is 0 Å². The van der Waals surface area contributed by atoms with E-state index in [1.165, 1.54) is 38.5 Å². The lowest BCUT2D eigenvalue weighted by atomic mass is 10.0. The lowest BCUT2D eigenvalue weighted by molar-refractivity contribution is -0.139. The molecule has 0 aliphatic carbocycles. The molecule has 0 saturated carbocycles. The number of aliphatic hydroxyl groups is 2. The van der Waals surface area contributed by atoms with Gasteiger partial charge in [0.25, 0.3) is 0 Å². The van der Waals surface area contributed by atoms with Crippen LogP contribution in [0.25, 0.3) is 0 Å². The van der Waals surface area contributed by atoms with Crippen LogP contribution in [0.1, 0.15) is 84.0 Å². The second kappa shape index (κ2) is 13.4. The van der Waals surface area contributed by atoms with Crippen molar-refractivity contribution >= 4 is 5.97 Å². The first-order valence-corrected chi connectivity index (χ1v) is 8.10. The van der Waals surface area contributed by atoms with Crippen molar-refractivity contribution < 1.29 is 20.1 Å². The van der Waals surface area contributed by atoms with Gasteiger partial charge < -0.3 is 15.3 Å². The normalized spacial score (nSPS) is 14.2. The van der Waals surface area contributed by atoms with Crippen molar-refractivity contribution in [2.75, 3.05) is 0 Å². The molecule has 0 aliphatic rings. The molecule has 0 unspecified atom stereocenters. The molecule has 0 spiro atoms. The van der Waals surface area contributed by atoms with E-state index in [-0.39, 0.29) is 12.5 Å². The highest BCUT2D eigenvalue weighted by molar-refractivity contribution is 5.67. The monoisotopic (exact) mass is 288 g/mol. The first-order chi connectivity index (χ1) is 9.52. The van der Waals surface area contributed by atoms with E-state index in [0.717, 1.165) is 25.7 Å². The molecule has 3 N–H and O–H groups in total. The highest BCUT2D eigenvalue weighted by Gasteiger charge is 2.08. The van der Waals surface area contributed by atoms with Crippen molar-refractivity contribution in [3.8, 4) is 0 Å². The largest absolute Gasteiger partial charge is 0.481 e. The van der Waals surface area contributed by atoms with Crippen molar-refractivity contribution in [2.24, 2.45) is 0 Å². The molecule has 0 amide bonds. The van der Waals surface area contributed by atoms with Crippen LogP contribution in [-0.4, -0.2) is 33.5 Å². The topological polar surface area (TPSA) is 77.8 Å². The maximum Gasteiger partial charge on any atom is 0.305 e. The van der Waals surface area contributed by atoms with Crippen LogP contribution in [-0.2, 0) is 4.79 Å². The highest BCUT2D eigenvalue weighted by Crippen LogP contribution is 2.13. The predicted octanol–water partition coefficient (Wildman–Crippen LogP) is 3.49. The van der Waals surface area contributed by atoms with Crippen molar-refractivity contribution in [1.82, 2.24) is 0 Å². The average molecular weight is 288 g/mol. The van der Waals surface area contributed by atoms with Gasteiger partial charge in [0.05, 0.1) is 18.6 Å². The number of unbranched alkanes of at least 4 members (excludes halogenated alkanes) is 8. The fraction of sp³-hybridized carbons (Fsp3) is 0.938. The van der Waals surface area contributed by atoms with Gasteiger partial charge >= 0.3 is 5.97 Å². The van der Waals surface area contributed by atoms with Gasteiger partial charge in [-0.1, -0.05) is 57.8 Å². The molecule has 0 rings (SSSR count). The molecule has 4 heteroatoms. The molecule has 0 aromatic rings. The molecule has 4 nitrogen and oxygen atoms in total. The molecule has 0 radical (unpaired) electrons. The fourth-order valence-corrected chi connectivity index (χ4v) is 2.36. The Morgan fingerprint density at radius 2 is 1.20 bits per heavy atom. The number of rotatable bonds is 14. The molecule has 0 aromatic carbocycles. The van der Waals surface area contributed by atoms with Gasteiger partial charge in [0, 0.05) is 0 Å². The quantitative estimate of drug-likeness (QED) is 0.428. The number of aliphatic carboxylic acids is 1. The minimum Gasteiger partial charge on any atom is -0.481 e. The summed E-state index contributed by atoms with van der Waals surface area (Å²) in [5, 5.41) is 27.0. The molecular weight excluding hydrogens is 256 g/mol. The van der Waals surface area contributed by atoms with Gasteiger partial charge in [-0.25, -0.2) is 0 Å². The Morgan fingerprint density at radius 1 is 0.800 bits per heavy atom. The lowest BCUT2D eigenvalue weighted by Crippen LogP contribution is -2.12. The summed E-state index contributed by atoms with van der Waals surface area (Å²) in [5.41, 5.74) is 0. The minimum atomic E-state index is -0.923. The van der Waals surface area contributed by atoms with Crippen LogP contribution >= 0.6 is 0 Å². The number of hydrogen-bond donors (Lipinski definition) is 3. The molecule has 0 saturated heterocycles. The maximum absolute atomic E-state index is 10.4. The molecule has 0 aliphatic heterocycles. The number of hydrogen-bond acceptors (Lipinski definition) is 3. The molecular formula is C16H32O4. The van der Waals surface area contributed by atoms with E-state index in [1.807, 2.05) is 6.92 Å². The van der Waals surface area contributed by atoms with E-state index in [4.69, 9.17) is 10.2 Å². The molecule has 2 atom stereocenters.